The van der Waals surface area contributed by atoms with Crippen molar-refractivity contribution in [1.29, 1.82) is 0 Å². The zero-order valence-electron chi connectivity index (χ0n) is 12.2. The molecular weight excluding hydrogens is 256 g/mol. The molecule has 4 heteroatoms. The van der Waals surface area contributed by atoms with E-state index in [9.17, 15) is 15.0 Å². The number of aliphatic carboxylic acids is 1. The zero-order valence-corrected chi connectivity index (χ0v) is 12.2. The molecule has 0 spiro atoms. The Bertz CT molecular complexity index is 524. The van der Waals surface area contributed by atoms with Gasteiger partial charge in [0.05, 0.1) is 6.42 Å². The van der Waals surface area contributed by atoms with Crippen molar-refractivity contribution < 1.29 is 20.1 Å². The maximum Gasteiger partial charge on any atom is 0.303 e. The molecule has 0 heterocycles. The van der Waals surface area contributed by atoms with Gasteiger partial charge < -0.3 is 15.3 Å². The van der Waals surface area contributed by atoms with Crippen LogP contribution in [0.2, 0.25) is 0 Å². The van der Waals surface area contributed by atoms with Gasteiger partial charge in [-0.05, 0) is 35.8 Å². The summed E-state index contributed by atoms with van der Waals surface area (Å²) in [5.74, 6) is -1.13. The fourth-order valence-electron chi connectivity index (χ4n) is 2.57. The van der Waals surface area contributed by atoms with Gasteiger partial charge in [0.2, 0.25) is 0 Å². The second-order valence-corrected chi connectivity index (χ2v) is 6.72. The number of benzene rings is 1. The minimum atomic E-state index is -0.873. The van der Waals surface area contributed by atoms with Gasteiger partial charge in [-0.1, -0.05) is 26.8 Å². The first kappa shape index (κ1) is 14.7. The summed E-state index contributed by atoms with van der Waals surface area (Å²) < 4.78 is 0. The molecule has 1 aromatic rings. The van der Waals surface area contributed by atoms with E-state index in [4.69, 9.17) is 5.11 Å². The summed E-state index contributed by atoms with van der Waals surface area (Å²) in [6.45, 7) is 6.06. The van der Waals surface area contributed by atoms with Crippen molar-refractivity contribution in [3.63, 3.8) is 0 Å². The molecule has 1 atom stereocenters. The molecule has 1 aromatic carbocycles. The van der Waals surface area contributed by atoms with Crippen LogP contribution in [0.5, 0.6) is 11.5 Å². The van der Waals surface area contributed by atoms with Crippen LogP contribution in [0, 0.1) is 5.92 Å². The van der Waals surface area contributed by atoms with E-state index in [1.807, 2.05) is 26.8 Å². The molecule has 0 bridgehead atoms. The number of aromatic hydroxyl groups is 2. The molecule has 2 rings (SSSR count). The first-order valence-electron chi connectivity index (χ1n) is 6.98. The predicted octanol–water partition coefficient (Wildman–Crippen LogP) is 3.36. The van der Waals surface area contributed by atoms with Crippen molar-refractivity contribution >= 4 is 5.97 Å². The maximum atomic E-state index is 11.0. The average molecular weight is 278 g/mol. The van der Waals surface area contributed by atoms with Crippen molar-refractivity contribution in [3.8, 4) is 11.5 Å². The van der Waals surface area contributed by atoms with E-state index in [0.717, 1.165) is 18.4 Å². The second kappa shape index (κ2) is 5.00. The maximum absolute atomic E-state index is 11.0. The summed E-state index contributed by atoms with van der Waals surface area (Å²) in [6, 6.07) is 3.41. The molecule has 4 nitrogen and oxygen atoms in total. The van der Waals surface area contributed by atoms with Crippen LogP contribution in [0.1, 0.15) is 57.1 Å². The highest BCUT2D eigenvalue weighted by Crippen LogP contribution is 2.49. The quantitative estimate of drug-likeness (QED) is 0.738. The summed E-state index contributed by atoms with van der Waals surface area (Å²) in [4.78, 5) is 11.0. The number of hydrogen-bond donors (Lipinski definition) is 3. The van der Waals surface area contributed by atoms with Crippen molar-refractivity contribution in [3.05, 3.63) is 23.3 Å². The van der Waals surface area contributed by atoms with E-state index in [-0.39, 0.29) is 29.3 Å². The predicted molar refractivity (Wildman–Crippen MR) is 76.2 cm³/mol. The van der Waals surface area contributed by atoms with Crippen LogP contribution in [0.15, 0.2) is 12.1 Å². The highest BCUT2D eigenvalue weighted by Gasteiger charge is 2.36. The van der Waals surface area contributed by atoms with Gasteiger partial charge in [0, 0.05) is 11.5 Å². The van der Waals surface area contributed by atoms with Gasteiger partial charge in [-0.15, -0.1) is 0 Å². The minimum Gasteiger partial charge on any atom is -0.504 e. The Hall–Kier alpha value is -1.71. The Kier molecular flexibility index (Phi) is 3.67. The van der Waals surface area contributed by atoms with E-state index >= 15 is 0 Å². The number of phenols is 2. The van der Waals surface area contributed by atoms with Crippen LogP contribution in [0.25, 0.3) is 0 Å². The molecule has 1 fully saturated rings. The molecule has 0 aromatic heterocycles. The number of phenolic OH excluding ortho intramolecular Hbond substituents is 2. The number of rotatable bonds is 4. The Morgan fingerprint density at radius 3 is 2.35 bits per heavy atom. The molecule has 0 saturated heterocycles. The number of carboxylic acids is 1. The second-order valence-electron chi connectivity index (χ2n) is 6.72. The van der Waals surface area contributed by atoms with Crippen LogP contribution in [-0.4, -0.2) is 21.3 Å². The van der Waals surface area contributed by atoms with Crippen molar-refractivity contribution in [1.82, 2.24) is 0 Å². The summed E-state index contributed by atoms with van der Waals surface area (Å²) in [5, 5.41) is 29.1. The summed E-state index contributed by atoms with van der Waals surface area (Å²) >= 11 is 0. The van der Waals surface area contributed by atoms with Gasteiger partial charge in [-0.25, -0.2) is 0 Å². The largest absolute Gasteiger partial charge is 0.504 e. The monoisotopic (exact) mass is 278 g/mol. The van der Waals surface area contributed by atoms with Crippen LogP contribution in [0.4, 0.5) is 0 Å². The molecule has 3 N–H and O–H groups in total. The first-order valence-corrected chi connectivity index (χ1v) is 6.98. The lowest BCUT2D eigenvalue weighted by molar-refractivity contribution is -0.137. The lowest BCUT2D eigenvalue weighted by Gasteiger charge is -2.24. The van der Waals surface area contributed by atoms with E-state index in [1.165, 1.54) is 0 Å². The third-order valence-electron chi connectivity index (χ3n) is 3.97. The minimum absolute atomic E-state index is 0.00867. The lowest BCUT2D eigenvalue weighted by atomic mass is 9.82. The first-order chi connectivity index (χ1) is 9.20. The Morgan fingerprint density at radius 2 is 1.90 bits per heavy atom. The van der Waals surface area contributed by atoms with E-state index in [0.29, 0.717) is 11.5 Å². The molecule has 0 radical (unpaired) electrons. The molecule has 110 valence electrons. The van der Waals surface area contributed by atoms with Crippen LogP contribution in [-0.2, 0) is 10.2 Å². The Morgan fingerprint density at radius 1 is 1.30 bits per heavy atom. The fourth-order valence-corrected chi connectivity index (χ4v) is 2.57. The molecular formula is C16H22O4. The molecule has 1 saturated carbocycles. The highest BCUT2D eigenvalue weighted by molar-refractivity contribution is 5.69. The van der Waals surface area contributed by atoms with Crippen LogP contribution in [0.3, 0.4) is 0 Å². The number of carboxylic acid groups (broad SMARTS) is 1. The molecule has 20 heavy (non-hydrogen) atoms. The smallest absolute Gasteiger partial charge is 0.303 e. The van der Waals surface area contributed by atoms with Gasteiger partial charge in [-0.2, -0.15) is 0 Å². The van der Waals surface area contributed by atoms with Crippen molar-refractivity contribution in [2.45, 2.75) is 51.4 Å². The van der Waals surface area contributed by atoms with Crippen LogP contribution < -0.4 is 0 Å². The van der Waals surface area contributed by atoms with Crippen molar-refractivity contribution in [2.75, 3.05) is 0 Å². The molecule has 1 aliphatic rings. The lowest BCUT2D eigenvalue weighted by Crippen LogP contribution is -2.14. The SMILES string of the molecule is CC(C)(C)c1cc(O)c(O)c(C(CC(=O)O)C2CC2)c1. The molecule has 0 amide bonds. The summed E-state index contributed by atoms with van der Waals surface area (Å²) in [7, 11) is 0. The van der Waals surface area contributed by atoms with E-state index in [2.05, 4.69) is 0 Å². The third kappa shape index (κ3) is 3.06. The summed E-state index contributed by atoms with van der Waals surface area (Å²) in [6.07, 6.45) is 1.96. The Labute approximate surface area is 119 Å². The van der Waals surface area contributed by atoms with Crippen molar-refractivity contribution in [2.24, 2.45) is 5.92 Å². The molecule has 0 aliphatic heterocycles. The summed E-state index contributed by atoms with van der Waals surface area (Å²) in [5.41, 5.74) is 1.30. The number of hydrogen-bond acceptors (Lipinski definition) is 3. The van der Waals surface area contributed by atoms with Crippen LogP contribution >= 0.6 is 0 Å². The fraction of sp³-hybridized carbons (Fsp3) is 0.562. The van der Waals surface area contributed by atoms with Gasteiger partial charge in [-0.3, -0.25) is 4.79 Å². The normalized spacial score (nSPS) is 16.9. The van der Waals surface area contributed by atoms with E-state index in [1.54, 1.807) is 6.07 Å². The zero-order chi connectivity index (χ0) is 15.1. The topological polar surface area (TPSA) is 77.8 Å². The van der Waals surface area contributed by atoms with Gasteiger partial charge in [0.1, 0.15) is 0 Å². The average Bonchev–Trinajstić information content (AvgIpc) is 3.12. The third-order valence-corrected chi connectivity index (χ3v) is 3.97. The van der Waals surface area contributed by atoms with E-state index < -0.39 is 5.97 Å². The molecule has 1 aliphatic carbocycles. The number of carbonyl (C=O) groups is 1. The van der Waals surface area contributed by atoms with Gasteiger partial charge in [0.15, 0.2) is 11.5 Å². The highest BCUT2D eigenvalue weighted by atomic mass is 16.4. The Balaban J connectivity index is 2.47. The van der Waals surface area contributed by atoms with Gasteiger partial charge >= 0.3 is 5.97 Å². The molecule has 1 unspecified atom stereocenters. The standard InChI is InChI=1S/C16H22O4/c1-16(2,3)10-6-12(15(20)13(17)7-10)11(8-14(18)19)9-4-5-9/h6-7,9,11,17,20H,4-5,8H2,1-3H3,(H,18,19). The van der Waals surface area contributed by atoms with Gasteiger partial charge in [0.25, 0.3) is 0 Å².